The highest BCUT2D eigenvalue weighted by Crippen LogP contribution is 2.49. The number of hydrogen-bond acceptors (Lipinski definition) is 4. The van der Waals surface area contributed by atoms with Crippen LogP contribution in [0.4, 0.5) is 0 Å². The molecule has 0 aromatic carbocycles. The zero-order valence-electron chi connectivity index (χ0n) is 14.9. The third kappa shape index (κ3) is 2.91. The van der Waals surface area contributed by atoms with Crippen molar-refractivity contribution in [3.8, 4) is 0 Å². The van der Waals surface area contributed by atoms with Crippen LogP contribution in [0.3, 0.4) is 0 Å². The Kier molecular flexibility index (Phi) is 4.64. The van der Waals surface area contributed by atoms with Gasteiger partial charge in [0.2, 0.25) is 0 Å². The van der Waals surface area contributed by atoms with E-state index in [1.807, 2.05) is 6.08 Å². The van der Waals surface area contributed by atoms with Crippen molar-refractivity contribution in [2.75, 3.05) is 14.2 Å². The molecule has 22 heavy (non-hydrogen) atoms. The molecule has 3 rings (SSSR count). The summed E-state index contributed by atoms with van der Waals surface area (Å²) < 4.78 is 17.4. The third-order valence-electron chi connectivity index (χ3n) is 5.84. The highest BCUT2D eigenvalue weighted by atomic mass is 28.4. The van der Waals surface area contributed by atoms with Crippen molar-refractivity contribution in [2.45, 2.75) is 63.5 Å². The van der Waals surface area contributed by atoms with Gasteiger partial charge in [-0.05, 0) is 24.6 Å². The van der Waals surface area contributed by atoms with Gasteiger partial charge in [0.1, 0.15) is 5.60 Å². The van der Waals surface area contributed by atoms with E-state index in [4.69, 9.17) is 13.9 Å². The molecule has 0 unspecified atom stereocenters. The molecule has 0 heterocycles. The molecular weight excluding hydrogens is 296 g/mol. The summed E-state index contributed by atoms with van der Waals surface area (Å²) in [6, 6.07) is 0. The van der Waals surface area contributed by atoms with Gasteiger partial charge >= 0.3 is 5.97 Å². The molecule has 4 atom stereocenters. The minimum atomic E-state index is -1.84. The van der Waals surface area contributed by atoms with Crippen molar-refractivity contribution in [1.82, 2.24) is 0 Å². The molecule has 0 aromatic rings. The smallest absolute Gasteiger partial charge is 0.311 e. The molecule has 5 heteroatoms. The summed E-state index contributed by atoms with van der Waals surface area (Å²) in [4.78, 5) is 12.1. The molecule has 1 saturated carbocycles. The van der Waals surface area contributed by atoms with Crippen LogP contribution < -0.4 is 0 Å². The maximum Gasteiger partial charge on any atom is 0.311 e. The number of carbonyl (C=O) groups excluding carboxylic acids is 1. The molecule has 0 aliphatic heterocycles. The second-order valence-electron chi connectivity index (χ2n) is 8.11. The molecular formula is C17H30O4Si. The average molecular weight is 327 g/mol. The second kappa shape index (κ2) is 5.76. The molecule has 3 aliphatic rings. The number of carbonyl (C=O) groups is 1. The lowest BCUT2D eigenvalue weighted by atomic mass is 9.64. The molecule has 0 radical (unpaired) electrons. The van der Waals surface area contributed by atoms with Crippen LogP contribution in [0.1, 0.15) is 33.6 Å². The predicted molar refractivity (Wildman–Crippen MR) is 89.2 cm³/mol. The van der Waals surface area contributed by atoms with E-state index >= 15 is 0 Å². The van der Waals surface area contributed by atoms with Crippen LogP contribution in [0, 0.1) is 11.8 Å². The van der Waals surface area contributed by atoms with Gasteiger partial charge in [0, 0.05) is 19.4 Å². The van der Waals surface area contributed by atoms with E-state index < -0.39 is 13.9 Å². The highest BCUT2D eigenvalue weighted by Gasteiger charge is 2.55. The van der Waals surface area contributed by atoms with E-state index in [-0.39, 0.29) is 28.9 Å². The van der Waals surface area contributed by atoms with E-state index in [2.05, 4.69) is 39.9 Å². The van der Waals surface area contributed by atoms with Gasteiger partial charge in [0.15, 0.2) is 8.32 Å². The number of ether oxygens (including phenoxy) is 2. The summed E-state index contributed by atoms with van der Waals surface area (Å²) in [5.41, 5.74) is -0.575. The molecule has 3 aliphatic carbocycles. The van der Waals surface area contributed by atoms with Crippen LogP contribution in [0.15, 0.2) is 12.2 Å². The Balaban J connectivity index is 2.22. The van der Waals surface area contributed by atoms with Crippen LogP contribution in [0.2, 0.25) is 18.1 Å². The molecule has 1 fully saturated rings. The van der Waals surface area contributed by atoms with Crippen molar-refractivity contribution in [3.05, 3.63) is 12.2 Å². The standard InChI is InChI=1S/C17H30O4Si/c1-16(2,3)22(6,7)21-14-11-17(20-5)9-8-12(14)10-13(17)15(18)19-4/h8-9,12-14H,10-11H2,1-7H3/t12-,13-,14+,17+/m1/s1. The van der Waals surface area contributed by atoms with Gasteiger partial charge in [-0.1, -0.05) is 32.9 Å². The summed E-state index contributed by atoms with van der Waals surface area (Å²) in [5.74, 6) is -0.131. The monoisotopic (exact) mass is 326 g/mol. The fourth-order valence-electron chi connectivity index (χ4n) is 3.32. The number of fused-ring (bicyclic) bond motifs is 2. The molecule has 126 valence electrons. The third-order valence-corrected chi connectivity index (χ3v) is 10.3. The first-order chi connectivity index (χ1) is 10.1. The van der Waals surface area contributed by atoms with E-state index in [0.29, 0.717) is 0 Å². The van der Waals surface area contributed by atoms with Crippen molar-refractivity contribution in [3.63, 3.8) is 0 Å². The van der Waals surface area contributed by atoms with Crippen LogP contribution in [0.25, 0.3) is 0 Å². The Hall–Kier alpha value is -0.653. The van der Waals surface area contributed by atoms with Crippen molar-refractivity contribution >= 4 is 14.3 Å². The van der Waals surface area contributed by atoms with Crippen LogP contribution in [-0.4, -0.2) is 40.2 Å². The highest BCUT2D eigenvalue weighted by molar-refractivity contribution is 6.74. The fraction of sp³-hybridized carbons (Fsp3) is 0.824. The maximum atomic E-state index is 12.1. The molecule has 4 nitrogen and oxygen atoms in total. The first-order valence-electron chi connectivity index (χ1n) is 8.06. The van der Waals surface area contributed by atoms with Gasteiger partial charge in [0.25, 0.3) is 0 Å². The van der Waals surface area contributed by atoms with Gasteiger partial charge in [-0.2, -0.15) is 0 Å². The fourth-order valence-corrected chi connectivity index (χ4v) is 4.69. The molecule has 0 saturated heterocycles. The summed E-state index contributed by atoms with van der Waals surface area (Å²) in [6.45, 7) is 11.3. The minimum Gasteiger partial charge on any atom is -0.469 e. The van der Waals surface area contributed by atoms with E-state index in [9.17, 15) is 4.79 Å². The lowest BCUT2D eigenvalue weighted by Crippen LogP contribution is -2.58. The Bertz CT molecular complexity index is 466. The van der Waals surface area contributed by atoms with Gasteiger partial charge < -0.3 is 13.9 Å². The zero-order valence-corrected chi connectivity index (χ0v) is 15.9. The van der Waals surface area contributed by atoms with Crippen LogP contribution in [0.5, 0.6) is 0 Å². The van der Waals surface area contributed by atoms with E-state index in [1.165, 1.54) is 7.11 Å². The summed E-state index contributed by atoms with van der Waals surface area (Å²) in [5, 5.41) is 0.176. The summed E-state index contributed by atoms with van der Waals surface area (Å²) >= 11 is 0. The molecule has 0 spiro atoms. The second-order valence-corrected chi connectivity index (χ2v) is 12.9. The first-order valence-corrected chi connectivity index (χ1v) is 11.0. The molecule has 0 amide bonds. The SMILES string of the molecule is COC(=O)[C@H]1C[C@H]2C=C[C@]1(OC)C[C@@H]2O[Si](C)(C)C(C)(C)C. The largest absolute Gasteiger partial charge is 0.469 e. The molecule has 0 N–H and O–H groups in total. The summed E-state index contributed by atoms with van der Waals surface area (Å²) in [6.07, 6.45) is 5.83. The topological polar surface area (TPSA) is 44.8 Å². The van der Waals surface area contributed by atoms with Gasteiger partial charge in [-0.3, -0.25) is 4.79 Å². The number of esters is 1. The van der Waals surface area contributed by atoms with Gasteiger partial charge in [0.05, 0.1) is 19.1 Å². The van der Waals surface area contributed by atoms with Gasteiger partial charge in [-0.15, -0.1) is 0 Å². The van der Waals surface area contributed by atoms with Crippen LogP contribution >= 0.6 is 0 Å². The zero-order chi connectivity index (χ0) is 16.8. The minimum absolute atomic E-state index is 0.131. The number of rotatable bonds is 4. The Labute approximate surface area is 135 Å². The van der Waals surface area contributed by atoms with Crippen LogP contribution in [-0.2, 0) is 18.7 Å². The normalized spacial score (nSPS) is 34.8. The quantitative estimate of drug-likeness (QED) is 0.450. The molecule has 2 bridgehead atoms. The van der Waals surface area contributed by atoms with E-state index in [0.717, 1.165) is 12.8 Å². The van der Waals surface area contributed by atoms with Crippen molar-refractivity contribution in [1.29, 1.82) is 0 Å². The lowest BCUT2D eigenvalue weighted by molar-refractivity contribution is -0.166. The lowest BCUT2D eigenvalue weighted by Gasteiger charge is -2.52. The Morgan fingerprint density at radius 3 is 2.41 bits per heavy atom. The average Bonchev–Trinajstić information content (AvgIpc) is 2.45. The van der Waals surface area contributed by atoms with E-state index in [1.54, 1.807) is 7.11 Å². The van der Waals surface area contributed by atoms with Crippen molar-refractivity contribution in [2.24, 2.45) is 11.8 Å². The number of hydrogen-bond donors (Lipinski definition) is 0. The van der Waals surface area contributed by atoms with Crippen molar-refractivity contribution < 1.29 is 18.7 Å². The predicted octanol–water partition coefficient (Wildman–Crippen LogP) is 3.53. The number of methoxy groups -OCH3 is 2. The molecule has 0 aromatic heterocycles. The first kappa shape index (κ1) is 17.7. The maximum absolute atomic E-state index is 12.1. The Morgan fingerprint density at radius 2 is 1.91 bits per heavy atom. The summed E-state index contributed by atoms with van der Waals surface area (Å²) in [7, 11) is 1.28. The Morgan fingerprint density at radius 1 is 1.27 bits per heavy atom. The van der Waals surface area contributed by atoms with Gasteiger partial charge in [-0.25, -0.2) is 0 Å².